The molecule has 0 saturated carbocycles. The van der Waals surface area contributed by atoms with Crippen molar-refractivity contribution >= 4 is 22.7 Å². The summed E-state index contributed by atoms with van der Waals surface area (Å²) < 4.78 is 35.7. The molecule has 1 fully saturated rings. The van der Waals surface area contributed by atoms with Crippen molar-refractivity contribution in [2.45, 2.75) is 5.92 Å². The van der Waals surface area contributed by atoms with Crippen LogP contribution in [0.25, 0.3) is 11.1 Å². The molecule has 3 rings (SSSR count). The van der Waals surface area contributed by atoms with E-state index in [1.807, 2.05) is 0 Å². The molecule has 0 bridgehead atoms. The second-order valence-corrected chi connectivity index (χ2v) is 4.14. The van der Waals surface area contributed by atoms with Crippen LogP contribution in [0, 0.1) is 0 Å². The van der Waals surface area contributed by atoms with Gasteiger partial charge < -0.3 is 19.9 Å². The van der Waals surface area contributed by atoms with E-state index < -0.39 is 5.92 Å². The Morgan fingerprint density at radius 2 is 2.22 bits per heavy atom. The Labute approximate surface area is 100 Å². The molecule has 1 aliphatic heterocycles. The molecule has 0 radical (unpaired) electrons. The van der Waals surface area contributed by atoms with Crippen LogP contribution in [-0.4, -0.2) is 36.3 Å². The molecule has 0 aromatic carbocycles. The maximum atomic E-state index is 12.8. The number of aromatic nitrogens is 2. The number of nitrogens with zero attached hydrogens (tertiary/aromatic N) is 3. The number of methoxy groups -OCH3 is 1. The summed E-state index contributed by atoms with van der Waals surface area (Å²) in [6.07, 6.45) is 0. The molecule has 0 spiro atoms. The van der Waals surface area contributed by atoms with Gasteiger partial charge in [-0.15, -0.1) is 0 Å². The van der Waals surface area contributed by atoms with E-state index in [9.17, 15) is 8.78 Å². The van der Waals surface area contributed by atoms with Crippen molar-refractivity contribution in [2.24, 2.45) is 0 Å². The van der Waals surface area contributed by atoms with E-state index in [1.165, 1.54) is 12.0 Å². The molecule has 2 N–H and O–H groups in total. The van der Waals surface area contributed by atoms with E-state index in [1.54, 1.807) is 6.07 Å². The lowest BCUT2D eigenvalue weighted by Crippen LogP contribution is -2.56. The molecule has 18 heavy (non-hydrogen) atoms. The van der Waals surface area contributed by atoms with Gasteiger partial charge in [-0.05, 0) is 0 Å². The van der Waals surface area contributed by atoms with Crippen LogP contribution in [0.4, 0.5) is 20.4 Å². The number of nitrogens with two attached hydrogens (primary N) is 1. The molecular weight excluding hydrogens is 246 g/mol. The summed E-state index contributed by atoms with van der Waals surface area (Å²) in [5.41, 5.74) is 5.79. The van der Waals surface area contributed by atoms with E-state index >= 15 is 0 Å². The minimum absolute atomic E-state index is 0.162. The van der Waals surface area contributed by atoms with Crippen LogP contribution >= 0.6 is 0 Å². The Morgan fingerprint density at radius 3 is 2.83 bits per heavy atom. The number of hydrogen-bond donors (Lipinski definition) is 1. The molecular formula is C10H10F2N4O2. The number of halogens is 2. The molecule has 6 nitrogen and oxygen atoms in total. The average molecular weight is 256 g/mol. The maximum Gasteiger partial charge on any atom is 0.282 e. The van der Waals surface area contributed by atoms with Gasteiger partial charge in [-0.3, -0.25) is 0 Å². The van der Waals surface area contributed by atoms with Crippen molar-refractivity contribution in [3.05, 3.63) is 6.07 Å². The summed E-state index contributed by atoms with van der Waals surface area (Å²) in [7, 11) is 1.45. The van der Waals surface area contributed by atoms with Gasteiger partial charge in [-0.2, -0.15) is 4.98 Å². The number of fused-ring (bicyclic) bond motifs is 1. The number of pyridine rings is 1. The van der Waals surface area contributed by atoms with Crippen molar-refractivity contribution in [3.63, 3.8) is 0 Å². The minimum Gasteiger partial charge on any atom is -0.496 e. The van der Waals surface area contributed by atoms with E-state index in [0.717, 1.165) is 0 Å². The molecule has 1 saturated heterocycles. The number of hydrogen-bond acceptors (Lipinski definition) is 6. The summed E-state index contributed by atoms with van der Waals surface area (Å²) >= 11 is 0. The SMILES string of the molecule is COc1cc(N2CC(F)(F)C2)nc2onc(N)c12. The molecule has 96 valence electrons. The molecule has 8 heteroatoms. The van der Waals surface area contributed by atoms with Gasteiger partial charge >= 0.3 is 0 Å². The predicted molar refractivity (Wildman–Crippen MR) is 59.9 cm³/mol. The van der Waals surface area contributed by atoms with Gasteiger partial charge in [0, 0.05) is 6.07 Å². The number of rotatable bonds is 2. The Balaban J connectivity index is 2.04. The Hall–Kier alpha value is -2.12. The van der Waals surface area contributed by atoms with Gasteiger partial charge in [0.1, 0.15) is 17.0 Å². The van der Waals surface area contributed by atoms with Gasteiger partial charge in [0.25, 0.3) is 11.6 Å². The summed E-state index contributed by atoms with van der Waals surface area (Å²) in [5, 5.41) is 4.02. The minimum atomic E-state index is -2.66. The highest BCUT2D eigenvalue weighted by Gasteiger charge is 2.44. The summed E-state index contributed by atoms with van der Waals surface area (Å²) in [6.45, 7) is -0.726. The lowest BCUT2D eigenvalue weighted by molar-refractivity contribution is -0.0267. The molecule has 2 aromatic rings. The number of alkyl halides is 2. The Morgan fingerprint density at radius 1 is 1.50 bits per heavy atom. The van der Waals surface area contributed by atoms with E-state index in [0.29, 0.717) is 17.0 Å². The largest absolute Gasteiger partial charge is 0.496 e. The summed E-state index contributed by atoms with van der Waals surface area (Å²) in [6, 6.07) is 1.55. The first-order valence-corrected chi connectivity index (χ1v) is 5.23. The smallest absolute Gasteiger partial charge is 0.282 e. The highest BCUT2D eigenvalue weighted by Crippen LogP contribution is 2.36. The first-order chi connectivity index (χ1) is 8.50. The van der Waals surface area contributed by atoms with Crippen LogP contribution in [0.2, 0.25) is 0 Å². The second-order valence-electron chi connectivity index (χ2n) is 4.14. The normalized spacial score (nSPS) is 17.8. The van der Waals surface area contributed by atoms with Gasteiger partial charge in [-0.25, -0.2) is 8.78 Å². The third-order valence-electron chi connectivity index (χ3n) is 2.81. The highest BCUT2D eigenvalue weighted by molar-refractivity contribution is 5.91. The zero-order valence-corrected chi connectivity index (χ0v) is 9.48. The van der Waals surface area contributed by atoms with Crippen molar-refractivity contribution in [1.29, 1.82) is 0 Å². The fourth-order valence-corrected chi connectivity index (χ4v) is 1.92. The monoisotopic (exact) mass is 256 g/mol. The lowest BCUT2D eigenvalue weighted by Gasteiger charge is -2.39. The van der Waals surface area contributed by atoms with Crippen LogP contribution in [-0.2, 0) is 0 Å². The predicted octanol–water partition coefficient (Wildman–Crippen LogP) is 1.27. The maximum absolute atomic E-state index is 12.8. The molecule has 0 unspecified atom stereocenters. The fourth-order valence-electron chi connectivity index (χ4n) is 1.92. The third-order valence-corrected chi connectivity index (χ3v) is 2.81. The zero-order valence-electron chi connectivity index (χ0n) is 9.48. The number of ether oxygens (including phenoxy) is 1. The van der Waals surface area contributed by atoms with Gasteiger partial charge in [0.05, 0.1) is 20.2 Å². The van der Waals surface area contributed by atoms with Crippen LogP contribution in [0.5, 0.6) is 5.75 Å². The number of anilines is 2. The Bertz CT molecular complexity index is 605. The lowest BCUT2D eigenvalue weighted by atomic mass is 10.1. The number of nitrogen functional groups attached to an aromatic ring is 1. The van der Waals surface area contributed by atoms with E-state index in [4.69, 9.17) is 15.0 Å². The van der Waals surface area contributed by atoms with Crippen LogP contribution < -0.4 is 15.4 Å². The molecule has 2 aromatic heterocycles. The van der Waals surface area contributed by atoms with Crippen LogP contribution in [0.1, 0.15) is 0 Å². The van der Waals surface area contributed by atoms with Crippen molar-refractivity contribution in [2.75, 3.05) is 30.8 Å². The van der Waals surface area contributed by atoms with Gasteiger partial charge in [0.2, 0.25) is 0 Å². The standard InChI is InChI=1S/C10H10F2N4O2/c1-17-5-2-6(16-3-10(11,12)4-16)14-9-7(5)8(13)15-18-9/h2H,3-4H2,1H3,(H2,13,15). The second kappa shape index (κ2) is 3.44. The highest BCUT2D eigenvalue weighted by atomic mass is 19.3. The van der Waals surface area contributed by atoms with Crippen molar-refractivity contribution in [1.82, 2.24) is 10.1 Å². The van der Waals surface area contributed by atoms with Crippen molar-refractivity contribution < 1.29 is 18.0 Å². The molecule has 0 amide bonds. The van der Waals surface area contributed by atoms with E-state index in [2.05, 4.69) is 10.1 Å². The van der Waals surface area contributed by atoms with Crippen molar-refractivity contribution in [3.8, 4) is 5.75 Å². The topological polar surface area (TPSA) is 77.4 Å². The summed E-state index contributed by atoms with van der Waals surface area (Å²) in [5.74, 6) is -1.73. The molecule has 1 aliphatic rings. The first kappa shape index (κ1) is 11.0. The van der Waals surface area contributed by atoms with Gasteiger partial charge in [0.15, 0.2) is 5.82 Å². The summed E-state index contributed by atoms with van der Waals surface area (Å²) in [4.78, 5) is 5.53. The third kappa shape index (κ3) is 1.52. The van der Waals surface area contributed by atoms with Crippen LogP contribution in [0.15, 0.2) is 10.6 Å². The van der Waals surface area contributed by atoms with E-state index in [-0.39, 0.29) is 24.6 Å². The molecule has 0 aliphatic carbocycles. The average Bonchev–Trinajstić information content (AvgIpc) is 2.67. The van der Waals surface area contributed by atoms with Gasteiger partial charge in [-0.1, -0.05) is 5.16 Å². The van der Waals surface area contributed by atoms with Crippen LogP contribution in [0.3, 0.4) is 0 Å². The molecule has 0 atom stereocenters. The Kier molecular flexibility index (Phi) is 2.10. The zero-order chi connectivity index (χ0) is 12.9. The molecule has 3 heterocycles. The first-order valence-electron chi connectivity index (χ1n) is 5.23. The quantitative estimate of drug-likeness (QED) is 0.871. The fraction of sp³-hybridized carbons (Fsp3) is 0.400.